The molecule has 0 aliphatic carbocycles. The Morgan fingerprint density at radius 1 is 0.950 bits per heavy atom. The number of nitrogens with zero attached hydrogens (tertiary/aromatic N) is 1. The second-order valence-electron chi connectivity index (χ2n) is 5.35. The number of unbranched alkanes of at least 4 members (excludes halogenated alkanes) is 5. The van der Waals surface area contributed by atoms with Crippen molar-refractivity contribution in [2.75, 3.05) is 24.5 Å². The lowest BCUT2D eigenvalue weighted by atomic mass is 10.1. The minimum Gasteiger partial charge on any atom is -0.369 e. The Labute approximate surface area is 123 Å². The number of benzene rings is 1. The van der Waals surface area contributed by atoms with Crippen molar-refractivity contribution in [1.82, 2.24) is 0 Å². The van der Waals surface area contributed by atoms with Crippen LogP contribution in [0.5, 0.6) is 0 Å². The number of nitrogens with two attached hydrogens (primary N) is 1. The van der Waals surface area contributed by atoms with Crippen LogP contribution in [0.25, 0.3) is 0 Å². The van der Waals surface area contributed by atoms with Gasteiger partial charge >= 0.3 is 0 Å². The summed E-state index contributed by atoms with van der Waals surface area (Å²) in [6, 6.07) is 7.04. The Morgan fingerprint density at radius 2 is 1.60 bits per heavy atom. The van der Waals surface area contributed by atoms with E-state index in [1.54, 1.807) is 6.07 Å². The van der Waals surface area contributed by atoms with Crippen LogP contribution < -0.4 is 10.6 Å². The highest BCUT2D eigenvalue weighted by Gasteiger charge is 2.10. The summed E-state index contributed by atoms with van der Waals surface area (Å²) in [5.74, 6) is -0.129. The molecule has 0 radical (unpaired) electrons. The first-order valence-corrected chi connectivity index (χ1v) is 7.99. The van der Waals surface area contributed by atoms with Gasteiger partial charge in [0, 0.05) is 13.1 Å². The Morgan fingerprint density at radius 3 is 2.30 bits per heavy atom. The molecule has 0 atom stereocenters. The number of hydrogen-bond acceptors (Lipinski definition) is 2. The molecule has 20 heavy (non-hydrogen) atoms. The molecule has 3 heteroatoms. The van der Waals surface area contributed by atoms with E-state index in [1.165, 1.54) is 38.2 Å². The van der Waals surface area contributed by atoms with Crippen molar-refractivity contribution >= 4 is 5.69 Å². The molecule has 1 aromatic rings. The Hall–Kier alpha value is -1.09. The van der Waals surface area contributed by atoms with E-state index in [9.17, 15) is 4.39 Å². The summed E-state index contributed by atoms with van der Waals surface area (Å²) < 4.78 is 13.9. The maximum Gasteiger partial charge on any atom is 0.146 e. The van der Waals surface area contributed by atoms with Gasteiger partial charge in [0.2, 0.25) is 0 Å². The maximum absolute atomic E-state index is 13.9. The van der Waals surface area contributed by atoms with Gasteiger partial charge in [-0.2, -0.15) is 0 Å². The molecule has 1 aromatic carbocycles. The molecule has 2 nitrogen and oxygen atoms in total. The van der Waals surface area contributed by atoms with Gasteiger partial charge in [-0.3, -0.25) is 0 Å². The predicted octanol–water partition coefficient (Wildman–Crippen LogP) is 4.34. The van der Waals surface area contributed by atoms with E-state index in [0.717, 1.165) is 31.6 Å². The zero-order valence-electron chi connectivity index (χ0n) is 12.8. The molecule has 0 aliphatic rings. The monoisotopic (exact) mass is 280 g/mol. The first-order valence-electron chi connectivity index (χ1n) is 7.99. The average Bonchev–Trinajstić information content (AvgIpc) is 2.47. The van der Waals surface area contributed by atoms with E-state index in [2.05, 4.69) is 11.8 Å². The van der Waals surface area contributed by atoms with E-state index in [0.29, 0.717) is 6.54 Å². The van der Waals surface area contributed by atoms with E-state index in [4.69, 9.17) is 5.73 Å². The topological polar surface area (TPSA) is 29.3 Å². The van der Waals surface area contributed by atoms with Crippen LogP contribution in [0.15, 0.2) is 24.3 Å². The second-order valence-corrected chi connectivity index (χ2v) is 5.35. The summed E-state index contributed by atoms with van der Waals surface area (Å²) in [6.07, 6.45) is 8.47. The molecule has 0 saturated carbocycles. The van der Waals surface area contributed by atoms with Gasteiger partial charge in [-0.25, -0.2) is 4.39 Å². The van der Waals surface area contributed by atoms with Crippen molar-refractivity contribution in [3.05, 3.63) is 30.1 Å². The minimum absolute atomic E-state index is 0.129. The highest BCUT2D eigenvalue weighted by molar-refractivity contribution is 5.47. The lowest BCUT2D eigenvalue weighted by molar-refractivity contribution is 0.581. The van der Waals surface area contributed by atoms with Crippen LogP contribution in [0.4, 0.5) is 10.1 Å². The number of anilines is 1. The van der Waals surface area contributed by atoms with Crippen molar-refractivity contribution in [2.24, 2.45) is 5.73 Å². The maximum atomic E-state index is 13.9. The fourth-order valence-corrected chi connectivity index (χ4v) is 2.43. The van der Waals surface area contributed by atoms with Gasteiger partial charge in [0.1, 0.15) is 5.82 Å². The van der Waals surface area contributed by atoms with Gasteiger partial charge in [-0.1, -0.05) is 51.2 Å². The average molecular weight is 280 g/mol. The van der Waals surface area contributed by atoms with Crippen LogP contribution in [0.2, 0.25) is 0 Å². The van der Waals surface area contributed by atoms with Crippen molar-refractivity contribution in [3.63, 3.8) is 0 Å². The van der Waals surface area contributed by atoms with Crippen LogP contribution in [0, 0.1) is 5.82 Å². The van der Waals surface area contributed by atoms with Crippen molar-refractivity contribution < 1.29 is 4.39 Å². The number of rotatable bonds is 11. The molecule has 0 unspecified atom stereocenters. The standard InChI is InChI=1S/C17H29FN2/c1-2-3-4-5-6-9-14-20(15-10-13-19)17-12-8-7-11-16(17)18/h7-8,11-12H,2-6,9-10,13-15,19H2,1H3. The third-order valence-electron chi connectivity index (χ3n) is 3.61. The van der Waals surface area contributed by atoms with Gasteiger partial charge in [0.25, 0.3) is 0 Å². The summed E-state index contributed by atoms with van der Waals surface area (Å²) >= 11 is 0. The minimum atomic E-state index is -0.129. The van der Waals surface area contributed by atoms with Gasteiger partial charge < -0.3 is 10.6 Å². The number of hydrogen-bond donors (Lipinski definition) is 1. The Bertz CT molecular complexity index is 355. The molecule has 0 amide bonds. The van der Waals surface area contributed by atoms with Gasteiger partial charge in [0.15, 0.2) is 0 Å². The zero-order chi connectivity index (χ0) is 14.6. The largest absolute Gasteiger partial charge is 0.369 e. The third kappa shape index (κ3) is 6.38. The van der Waals surface area contributed by atoms with Crippen LogP contribution in [0.1, 0.15) is 51.9 Å². The molecule has 0 aromatic heterocycles. The first kappa shape index (κ1) is 17.0. The normalized spacial score (nSPS) is 10.8. The van der Waals surface area contributed by atoms with E-state index < -0.39 is 0 Å². The predicted molar refractivity (Wildman–Crippen MR) is 85.7 cm³/mol. The third-order valence-corrected chi connectivity index (χ3v) is 3.61. The summed E-state index contributed by atoms with van der Waals surface area (Å²) in [5.41, 5.74) is 6.30. The first-order chi connectivity index (χ1) is 9.79. The van der Waals surface area contributed by atoms with E-state index >= 15 is 0 Å². The summed E-state index contributed by atoms with van der Waals surface area (Å²) in [5, 5.41) is 0. The van der Waals surface area contributed by atoms with Crippen molar-refractivity contribution in [1.29, 1.82) is 0 Å². The quantitative estimate of drug-likeness (QED) is 0.611. The molecule has 2 N–H and O–H groups in total. The molecule has 114 valence electrons. The molecule has 0 heterocycles. The van der Waals surface area contributed by atoms with E-state index in [-0.39, 0.29) is 5.82 Å². The molecular weight excluding hydrogens is 251 g/mol. The second kappa shape index (κ2) is 10.7. The smallest absolute Gasteiger partial charge is 0.146 e. The van der Waals surface area contributed by atoms with Gasteiger partial charge in [-0.15, -0.1) is 0 Å². The van der Waals surface area contributed by atoms with E-state index in [1.807, 2.05) is 12.1 Å². The molecule has 0 aliphatic heterocycles. The van der Waals surface area contributed by atoms with Crippen molar-refractivity contribution in [3.8, 4) is 0 Å². The van der Waals surface area contributed by atoms with Crippen molar-refractivity contribution in [2.45, 2.75) is 51.9 Å². The van der Waals surface area contributed by atoms with Crippen LogP contribution in [-0.2, 0) is 0 Å². The molecule has 0 fully saturated rings. The summed E-state index contributed by atoms with van der Waals surface area (Å²) in [7, 11) is 0. The Kier molecular flexibility index (Phi) is 9.05. The molecule has 0 saturated heterocycles. The van der Waals surface area contributed by atoms with Gasteiger partial charge in [-0.05, 0) is 31.5 Å². The molecule has 1 rings (SSSR count). The lowest BCUT2D eigenvalue weighted by Crippen LogP contribution is -2.28. The lowest BCUT2D eigenvalue weighted by Gasteiger charge is -2.25. The molecule has 0 bridgehead atoms. The Balaban J connectivity index is 2.42. The van der Waals surface area contributed by atoms with Crippen LogP contribution in [-0.4, -0.2) is 19.6 Å². The number of para-hydroxylation sites is 1. The van der Waals surface area contributed by atoms with Crippen LogP contribution in [0.3, 0.4) is 0 Å². The fourth-order valence-electron chi connectivity index (χ4n) is 2.43. The molecular formula is C17H29FN2. The van der Waals surface area contributed by atoms with Crippen LogP contribution >= 0.6 is 0 Å². The summed E-state index contributed by atoms with van der Waals surface area (Å²) in [4.78, 5) is 2.14. The highest BCUT2D eigenvalue weighted by atomic mass is 19.1. The SMILES string of the molecule is CCCCCCCCN(CCCN)c1ccccc1F. The van der Waals surface area contributed by atoms with Gasteiger partial charge in [0.05, 0.1) is 5.69 Å². The fraction of sp³-hybridized carbons (Fsp3) is 0.647. The molecule has 0 spiro atoms. The zero-order valence-corrected chi connectivity index (χ0v) is 12.8. The summed E-state index contributed by atoms with van der Waals surface area (Å²) in [6.45, 7) is 4.65. The number of halogens is 1. The highest BCUT2D eigenvalue weighted by Crippen LogP contribution is 2.19.